The third-order valence-electron chi connectivity index (χ3n) is 4.79. The Morgan fingerprint density at radius 1 is 1.22 bits per heavy atom. The topological polar surface area (TPSA) is 36.4 Å². The number of amides is 1. The number of carbonyl (C=O) groups excluding carboxylic acids is 1. The molecule has 1 aromatic carbocycles. The van der Waals surface area contributed by atoms with Crippen molar-refractivity contribution in [2.45, 2.75) is 6.92 Å². The van der Waals surface area contributed by atoms with Gasteiger partial charge >= 0.3 is 0 Å². The predicted octanol–water partition coefficient (Wildman–Crippen LogP) is 2.55. The Bertz CT molecular complexity index is 736. The Labute approximate surface area is 140 Å². The fourth-order valence-corrected chi connectivity index (χ4v) is 4.26. The number of aryl methyl sites for hydroxylation is 1. The van der Waals surface area contributed by atoms with Gasteiger partial charge in [0.15, 0.2) is 0 Å². The Kier molecular flexibility index (Phi) is 3.89. The lowest BCUT2D eigenvalue weighted by Crippen LogP contribution is -2.56. The van der Waals surface area contributed by atoms with Crippen LogP contribution in [0, 0.1) is 12.8 Å². The number of hydrogen-bond donors (Lipinski definition) is 0. The molecule has 2 saturated heterocycles. The first kappa shape index (κ1) is 14.8. The quantitative estimate of drug-likeness (QED) is 0.849. The summed E-state index contributed by atoms with van der Waals surface area (Å²) in [6.45, 7) is 5.54. The highest BCUT2D eigenvalue weighted by atomic mass is 32.2. The molecular weight excluding hydrogens is 306 g/mol. The fourth-order valence-electron chi connectivity index (χ4n) is 3.36. The van der Waals surface area contributed by atoms with Crippen molar-refractivity contribution in [1.82, 2.24) is 9.88 Å². The summed E-state index contributed by atoms with van der Waals surface area (Å²) in [4.78, 5) is 21.5. The highest BCUT2D eigenvalue weighted by molar-refractivity contribution is 7.99. The summed E-state index contributed by atoms with van der Waals surface area (Å²) in [5, 5.41) is 1.20. The first-order valence-corrected chi connectivity index (χ1v) is 9.36. The van der Waals surface area contributed by atoms with Crippen molar-refractivity contribution in [2.75, 3.05) is 42.6 Å². The van der Waals surface area contributed by atoms with Crippen LogP contribution in [-0.4, -0.2) is 53.5 Å². The normalized spacial score (nSPS) is 19.0. The molecule has 0 N–H and O–H groups in total. The van der Waals surface area contributed by atoms with Crippen molar-refractivity contribution in [3.8, 4) is 0 Å². The molecule has 3 heterocycles. The maximum absolute atomic E-state index is 12.5. The fraction of sp³-hybridized carbons (Fsp3) is 0.444. The molecule has 1 amide bonds. The summed E-state index contributed by atoms with van der Waals surface area (Å²) >= 11 is 1.94. The van der Waals surface area contributed by atoms with Gasteiger partial charge in [-0.25, -0.2) is 4.98 Å². The second kappa shape index (κ2) is 6.04. The van der Waals surface area contributed by atoms with Crippen LogP contribution >= 0.6 is 11.8 Å². The van der Waals surface area contributed by atoms with Crippen LogP contribution in [-0.2, 0) is 4.79 Å². The summed E-state index contributed by atoms with van der Waals surface area (Å²) in [5.74, 6) is 3.63. The number of nitrogens with zero attached hydrogens (tertiary/aromatic N) is 3. The van der Waals surface area contributed by atoms with Crippen molar-refractivity contribution in [1.29, 1.82) is 0 Å². The molecule has 0 bridgehead atoms. The third-order valence-corrected chi connectivity index (χ3v) is 5.73. The first-order chi connectivity index (χ1) is 11.2. The zero-order chi connectivity index (χ0) is 15.8. The smallest absolute Gasteiger partial charge is 0.229 e. The molecule has 4 nitrogen and oxygen atoms in total. The first-order valence-electron chi connectivity index (χ1n) is 8.20. The van der Waals surface area contributed by atoms with E-state index in [1.54, 1.807) is 0 Å². The molecule has 23 heavy (non-hydrogen) atoms. The van der Waals surface area contributed by atoms with Crippen LogP contribution in [0.25, 0.3) is 10.9 Å². The zero-order valence-electron chi connectivity index (χ0n) is 13.4. The summed E-state index contributed by atoms with van der Waals surface area (Å²) in [6.07, 6.45) is 0. The molecule has 2 aliphatic heterocycles. The minimum absolute atomic E-state index is 0.145. The molecular formula is C18H21N3OS. The lowest BCUT2D eigenvalue weighted by molar-refractivity contribution is -0.135. The molecule has 2 aliphatic rings. The van der Waals surface area contributed by atoms with Gasteiger partial charge in [-0.05, 0) is 24.6 Å². The molecule has 4 rings (SSSR count). The third kappa shape index (κ3) is 2.78. The van der Waals surface area contributed by atoms with Crippen LogP contribution in [0.15, 0.2) is 30.3 Å². The molecule has 1 aromatic heterocycles. The van der Waals surface area contributed by atoms with Gasteiger partial charge in [-0.3, -0.25) is 4.79 Å². The van der Waals surface area contributed by atoms with Gasteiger partial charge in [0.05, 0.1) is 11.4 Å². The number of carbonyl (C=O) groups is 1. The largest absolute Gasteiger partial charge is 0.355 e. The van der Waals surface area contributed by atoms with E-state index in [0.29, 0.717) is 5.91 Å². The Morgan fingerprint density at radius 3 is 2.74 bits per heavy atom. The van der Waals surface area contributed by atoms with E-state index < -0.39 is 0 Å². The number of rotatable bonds is 2. The molecule has 5 heteroatoms. The average Bonchev–Trinajstić information content (AvgIpc) is 2.54. The van der Waals surface area contributed by atoms with Crippen LogP contribution in [0.4, 0.5) is 5.82 Å². The van der Waals surface area contributed by atoms with E-state index in [1.807, 2.05) is 28.8 Å². The number of para-hydroxylation sites is 1. The lowest BCUT2D eigenvalue weighted by atomic mass is 9.97. The standard InChI is InChI=1S/C18H21N3OS/c1-13-10-17(19-16-5-3-2-4-15(13)16)21-11-14(12-21)18(22)20-6-8-23-9-7-20/h2-5,10,14H,6-9,11-12H2,1H3. The molecule has 2 aromatic rings. The highest BCUT2D eigenvalue weighted by Crippen LogP contribution is 2.28. The molecule has 0 radical (unpaired) electrons. The van der Waals surface area contributed by atoms with Gasteiger partial charge in [0, 0.05) is 43.1 Å². The summed E-state index contributed by atoms with van der Waals surface area (Å²) < 4.78 is 0. The van der Waals surface area contributed by atoms with Crippen LogP contribution in [0.5, 0.6) is 0 Å². The monoisotopic (exact) mass is 327 g/mol. The molecule has 120 valence electrons. The Hall–Kier alpha value is -1.75. The van der Waals surface area contributed by atoms with Crippen molar-refractivity contribution in [3.63, 3.8) is 0 Å². The van der Waals surface area contributed by atoms with Crippen molar-refractivity contribution in [2.24, 2.45) is 5.92 Å². The number of aromatic nitrogens is 1. The molecule has 0 unspecified atom stereocenters. The van der Waals surface area contributed by atoms with E-state index in [9.17, 15) is 4.79 Å². The molecule has 0 atom stereocenters. The van der Waals surface area contributed by atoms with Crippen molar-refractivity contribution in [3.05, 3.63) is 35.9 Å². The second-order valence-electron chi connectivity index (χ2n) is 6.35. The molecule has 2 fully saturated rings. The van der Waals surface area contributed by atoms with Crippen LogP contribution in [0.3, 0.4) is 0 Å². The van der Waals surface area contributed by atoms with Crippen LogP contribution < -0.4 is 4.90 Å². The minimum atomic E-state index is 0.145. The maximum atomic E-state index is 12.5. The molecule has 0 aliphatic carbocycles. The van der Waals surface area contributed by atoms with Gasteiger partial charge in [0.2, 0.25) is 5.91 Å². The summed E-state index contributed by atoms with van der Waals surface area (Å²) in [5.41, 5.74) is 2.28. The van der Waals surface area contributed by atoms with Gasteiger partial charge < -0.3 is 9.80 Å². The summed E-state index contributed by atoms with van der Waals surface area (Å²) in [7, 11) is 0. The van der Waals surface area contributed by atoms with Crippen molar-refractivity contribution < 1.29 is 4.79 Å². The predicted molar refractivity (Wildman–Crippen MR) is 96.1 cm³/mol. The SMILES string of the molecule is Cc1cc(N2CC(C(=O)N3CCSCC3)C2)nc2ccccc12. The van der Waals surface area contributed by atoms with E-state index >= 15 is 0 Å². The number of anilines is 1. The van der Waals surface area contributed by atoms with Gasteiger partial charge in [-0.2, -0.15) is 11.8 Å². The van der Waals surface area contributed by atoms with E-state index in [0.717, 1.165) is 49.0 Å². The van der Waals surface area contributed by atoms with Crippen molar-refractivity contribution >= 4 is 34.4 Å². The number of thioether (sulfide) groups is 1. The minimum Gasteiger partial charge on any atom is -0.355 e. The lowest BCUT2D eigenvalue weighted by Gasteiger charge is -2.42. The number of pyridine rings is 1. The van der Waals surface area contributed by atoms with E-state index in [1.165, 1.54) is 10.9 Å². The van der Waals surface area contributed by atoms with Gasteiger partial charge in [-0.15, -0.1) is 0 Å². The van der Waals surface area contributed by atoms with E-state index in [4.69, 9.17) is 4.98 Å². The summed E-state index contributed by atoms with van der Waals surface area (Å²) in [6, 6.07) is 10.4. The molecule has 0 spiro atoms. The second-order valence-corrected chi connectivity index (χ2v) is 7.58. The number of hydrogen-bond acceptors (Lipinski definition) is 4. The Balaban J connectivity index is 1.46. The molecule has 0 saturated carbocycles. The Morgan fingerprint density at radius 2 is 1.96 bits per heavy atom. The van der Waals surface area contributed by atoms with Gasteiger partial charge in [0.1, 0.15) is 5.82 Å². The average molecular weight is 327 g/mol. The maximum Gasteiger partial charge on any atom is 0.229 e. The number of benzene rings is 1. The van der Waals surface area contributed by atoms with Crippen LogP contribution in [0.1, 0.15) is 5.56 Å². The highest BCUT2D eigenvalue weighted by Gasteiger charge is 2.36. The number of fused-ring (bicyclic) bond motifs is 1. The zero-order valence-corrected chi connectivity index (χ0v) is 14.2. The van der Waals surface area contributed by atoms with E-state index in [2.05, 4.69) is 30.0 Å². The van der Waals surface area contributed by atoms with Crippen LogP contribution in [0.2, 0.25) is 0 Å². The van der Waals surface area contributed by atoms with Gasteiger partial charge in [-0.1, -0.05) is 18.2 Å². The van der Waals surface area contributed by atoms with E-state index in [-0.39, 0.29) is 5.92 Å². The van der Waals surface area contributed by atoms with Gasteiger partial charge in [0.25, 0.3) is 0 Å².